The van der Waals surface area contributed by atoms with Crippen LogP contribution in [0.4, 0.5) is 0 Å². The van der Waals surface area contributed by atoms with Crippen LogP contribution in [0.2, 0.25) is 0 Å². The summed E-state index contributed by atoms with van der Waals surface area (Å²) in [5.41, 5.74) is 2.61. The Labute approximate surface area is 187 Å². The highest BCUT2D eigenvalue weighted by atomic mass is 127. The van der Waals surface area contributed by atoms with Gasteiger partial charge >= 0.3 is 0 Å². The topological polar surface area (TPSA) is 73.8 Å². The molecule has 1 aliphatic heterocycles. The zero-order valence-electron chi connectivity index (χ0n) is 17.3. The highest BCUT2D eigenvalue weighted by Crippen LogP contribution is 2.12. The summed E-state index contributed by atoms with van der Waals surface area (Å²) in [7, 11) is -2.89. The van der Waals surface area contributed by atoms with Gasteiger partial charge in [0.25, 0.3) is 0 Å². The summed E-state index contributed by atoms with van der Waals surface area (Å²) in [5.74, 6) is 1.10. The van der Waals surface area contributed by atoms with Crippen LogP contribution in [-0.2, 0) is 22.8 Å². The lowest BCUT2D eigenvalue weighted by Gasteiger charge is -2.32. The van der Waals surface area contributed by atoms with Gasteiger partial charge in [-0.15, -0.1) is 24.0 Å². The molecular weight excluding hydrogens is 487 g/mol. The van der Waals surface area contributed by atoms with Crippen molar-refractivity contribution >= 4 is 39.8 Å². The average molecular weight is 522 g/mol. The van der Waals surface area contributed by atoms with E-state index in [-0.39, 0.29) is 29.7 Å². The highest BCUT2D eigenvalue weighted by Gasteiger charge is 2.20. The van der Waals surface area contributed by atoms with Crippen molar-refractivity contribution in [3.8, 4) is 0 Å². The Kier molecular flexibility index (Phi) is 11.4. The summed E-state index contributed by atoms with van der Waals surface area (Å²) in [4.78, 5) is 7.01. The molecule has 160 valence electrons. The van der Waals surface area contributed by atoms with Crippen LogP contribution in [-0.4, -0.2) is 63.5 Å². The molecular formula is C20H35IN4O2S. The Balaban J connectivity index is 0.00000392. The van der Waals surface area contributed by atoms with Crippen LogP contribution >= 0.6 is 24.0 Å². The third-order valence-electron chi connectivity index (χ3n) is 4.96. The highest BCUT2D eigenvalue weighted by molar-refractivity contribution is 14.0. The molecule has 1 fully saturated rings. The van der Waals surface area contributed by atoms with E-state index in [1.807, 2.05) is 0 Å². The van der Waals surface area contributed by atoms with Gasteiger partial charge in [0.15, 0.2) is 5.96 Å². The van der Waals surface area contributed by atoms with Gasteiger partial charge in [-0.25, -0.2) is 13.4 Å². The van der Waals surface area contributed by atoms with Gasteiger partial charge in [0.05, 0.1) is 12.3 Å². The van der Waals surface area contributed by atoms with E-state index in [0.717, 1.165) is 44.9 Å². The third-order valence-corrected chi connectivity index (χ3v) is 5.88. The van der Waals surface area contributed by atoms with Crippen LogP contribution < -0.4 is 10.6 Å². The van der Waals surface area contributed by atoms with Gasteiger partial charge in [-0.05, 0) is 37.3 Å². The fraction of sp³-hybridized carbons (Fsp3) is 0.650. The molecule has 2 rings (SSSR count). The predicted octanol–water partition coefficient (Wildman–Crippen LogP) is 2.43. The lowest BCUT2D eigenvalue weighted by Crippen LogP contribution is -2.49. The molecule has 0 atom stereocenters. The van der Waals surface area contributed by atoms with Crippen molar-refractivity contribution in [1.29, 1.82) is 0 Å². The van der Waals surface area contributed by atoms with Crippen molar-refractivity contribution in [3.05, 3.63) is 35.4 Å². The number of piperidine rings is 1. The Morgan fingerprint density at radius 2 is 1.82 bits per heavy atom. The van der Waals surface area contributed by atoms with E-state index in [1.165, 1.54) is 17.4 Å². The number of benzene rings is 1. The molecule has 1 saturated heterocycles. The Hall–Kier alpha value is -0.870. The molecule has 1 aliphatic rings. The summed E-state index contributed by atoms with van der Waals surface area (Å²) in [6, 6.07) is 8.83. The number of aryl methyl sites for hydroxylation is 1. The quantitative estimate of drug-likeness (QED) is 0.312. The van der Waals surface area contributed by atoms with E-state index >= 15 is 0 Å². The number of hydrogen-bond acceptors (Lipinski definition) is 4. The minimum atomic E-state index is -2.89. The summed E-state index contributed by atoms with van der Waals surface area (Å²) in [6.07, 6.45) is 4.32. The predicted molar refractivity (Wildman–Crippen MR) is 128 cm³/mol. The number of nitrogens with one attached hydrogen (secondary N) is 2. The first-order chi connectivity index (χ1) is 12.9. The summed E-state index contributed by atoms with van der Waals surface area (Å²) in [5, 5.41) is 6.89. The molecule has 0 bridgehead atoms. The van der Waals surface area contributed by atoms with Crippen LogP contribution in [0.15, 0.2) is 29.3 Å². The van der Waals surface area contributed by atoms with Crippen LogP contribution in [0.3, 0.4) is 0 Å². The van der Waals surface area contributed by atoms with Crippen molar-refractivity contribution in [2.75, 3.05) is 38.2 Å². The molecule has 6 nitrogen and oxygen atoms in total. The van der Waals surface area contributed by atoms with Gasteiger partial charge in [-0.1, -0.05) is 31.2 Å². The summed E-state index contributed by atoms with van der Waals surface area (Å²) in [6.45, 7) is 8.22. The van der Waals surface area contributed by atoms with E-state index in [9.17, 15) is 8.42 Å². The van der Waals surface area contributed by atoms with Crippen molar-refractivity contribution in [2.45, 2.75) is 45.7 Å². The second kappa shape index (κ2) is 12.6. The van der Waals surface area contributed by atoms with E-state index in [0.29, 0.717) is 19.1 Å². The van der Waals surface area contributed by atoms with E-state index in [4.69, 9.17) is 4.99 Å². The number of guanidine groups is 1. The first-order valence-corrected chi connectivity index (χ1v) is 12.0. The molecule has 0 spiro atoms. The maximum Gasteiger partial charge on any atom is 0.191 e. The van der Waals surface area contributed by atoms with Gasteiger partial charge in [0.2, 0.25) is 0 Å². The molecule has 28 heavy (non-hydrogen) atoms. The van der Waals surface area contributed by atoms with E-state index in [1.54, 1.807) is 0 Å². The largest absolute Gasteiger partial charge is 0.357 e. The van der Waals surface area contributed by atoms with Crippen molar-refractivity contribution in [3.63, 3.8) is 0 Å². The molecule has 0 unspecified atom stereocenters. The normalized spacial score (nSPS) is 16.5. The minimum absolute atomic E-state index is 0. The van der Waals surface area contributed by atoms with Crippen molar-refractivity contribution < 1.29 is 8.42 Å². The number of likely N-dealkylation sites (tertiary alicyclic amines) is 1. The summed E-state index contributed by atoms with van der Waals surface area (Å²) < 4.78 is 22.7. The molecule has 0 amide bonds. The zero-order chi connectivity index (χ0) is 19.7. The second-order valence-electron chi connectivity index (χ2n) is 7.21. The molecule has 1 heterocycles. The first-order valence-electron chi connectivity index (χ1n) is 9.93. The molecule has 0 saturated carbocycles. The van der Waals surface area contributed by atoms with Gasteiger partial charge in [-0.2, -0.15) is 0 Å². The Morgan fingerprint density at radius 1 is 1.18 bits per heavy atom. The number of hydrogen-bond donors (Lipinski definition) is 2. The number of halogens is 1. The molecule has 0 aromatic heterocycles. The van der Waals surface area contributed by atoms with Crippen molar-refractivity contribution in [2.24, 2.45) is 4.99 Å². The smallest absolute Gasteiger partial charge is 0.191 e. The molecule has 1 aromatic rings. The summed E-state index contributed by atoms with van der Waals surface area (Å²) >= 11 is 0. The molecule has 1 aromatic carbocycles. The standard InChI is InChI=1S/C20H34N4O2S.HI/c1-4-17-8-6-7-9-18(17)16-22-20(21-5-2)23-19-10-12-24(13-11-19)14-15-27(3,25)26;/h6-9,19H,4-5,10-16H2,1-3H3,(H2,21,22,23);1H. The fourth-order valence-corrected chi connectivity index (χ4v) is 3.92. The zero-order valence-corrected chi connectivity index (χ0v) is 20.4. The Bertz CT molecular complexity index is 717. The number of sulfone groups is 1. The second-order valence-corrected chi connectivity index (χ2v) is 9.47. The molecule has 2 N–H and O–H groups in total. The lowest BCUT2D eigenvalue weighted by molar-refractivity contribution is 0.216. The average Bonchev–Trinajstić information content (AvgIpc) is 2.65. The van der Waals surface area contributed by atoms with Gasteiger partial charge in [0.1, 0.15) is 9.84 Å². The van der Waals surface area contributed by atoms with Gasteiger partial charge in [-0.3, -0.25) is 0 Å². The third kappa shape index (κ3) is 9.09. The SMILES string of the molecule is CCNC(=NCc1ccccc1CC)NC1CCN(CCS(C)(=O)=O)CC1.I. The van der Waals surface area contributed by atoms with Crippen LogP contribution in [0, 0.1) is 0 Å². The minimum Gasteiger partial charge on any atom is -0.357 e. The van der Waals surface area contributed by atoms with Crippen LogP contribution in [0.1, 0.15) is 37.8 Å². The van der Waals surface area contributed by atoms with Crippen molar-refractivity contribution in [1.82, 2.24) is 15.5 Å². The number of aliphatic imine (C=N–C) groups is 1. The van der Waals surface area contributed by atoms with Gasteiger partial charge in [0, 0.05) is 38.5 Å². The lowest BCUT2D eigenvalue weighted by atomic mass is 10.1. The van der Waals surface area contributed by atoms with Crippen LogP contribution in [0.5, 0.6) is 0 Å². The monoisotopic (exact) mass is 522 g/mol. The number of nitrogens with zero attached hydrogens (tertiary/aromatic N) is 2. The molecule has 0 aliphatic carbocycles. The first kappa shape index (κ1) is 25.2. The maximum atomic E-state index is 11.3. The molecule has 8 heteroatoms. The van der Waals surface area contributed by atoms with Crippen LogP contribution in [0.25, 0.3) is 0 Å². The fourth-order valence-electron chi connectivity index (χ4n) is 3.33. The molecule has 0 radical (unpaired) electrons. The Morgan fingerprint density at radius 3 is 2.39 bits per heavy atom. The number of rotatable bonds is 8. The van der Waals surface area contributed by atoms with E-state index in [2.05, 4.69) is 53.6 Å². The maximum absolute atomic E-state index is 11.3. The van der Waals surface area contributed by atoms with Gasteiger partial charge < -0.3 is 15.5 Å². The van der Waals surface area contributed by atoms with E-state index < -0.39 is 9.84 Å².